The number of hydrogen-bond donors (Lipinski definition) is 3. The summed E-state index contributed by atoms with van der Waals surface area (Å²) in [6.45, 7) is 8.68. The molecule has 128 valence electrons. The molecule has 0 unspecified atom stereocenters. The summed E-state index contributed by atoms with van der Waals surface area (Å²) < 4.78 is 0. The van der Waals surface area contributed by atoms with Crippen LogP contribution in [0.5, 0.6) is 0 Å². The third-order valence-electron chi connectivity index (χ3n) is 3.62. The first-order valence-corrected chi connectivity index (χ1v) is 8.08. The average Bonchev–Trinajstić information content (AvgIpc) is 2.54. The van der Waals surface area contributed by atoms with E-state index in [1.807, 2.05) is 6.07 Å². The smallest absolute Gasteiger partial charge is 0.225 e. The number of carboxylic acid groups (broad SMARTS) is 1. The second kappa shape index (κ2) is 10.6. The number of nitrogens with zero attached hydrogens (tertiary/aromatic N) is 1. The largest absolute Gasteiger partial charge is 0.550 e. The number of aromatic nitrogens is 1. The van der Waals surface area contributed by atoms with Crippen molar-refractivity contribution in [2.45, 2.75) is 33.1 Å². The zero-order chi connectivity index (χ0) is 17.1. The van der Waals surface area contributed by atoms with Crippen LogP contribution in [0.1, 0.15) is 33.1 Å². The second-order valence-corrected chi connectivity index (χ2v) is 5.34. The SMILES string of the molecule is CC[NH+](CC)CCCNc1ccc(NC(=O)CCC(=O)[O-])nc1. The van der Waals surface area contributed by atoms with Gasteiger partial charge >= 0.3 is 0 Å². The number of quaternary nitrogens is 1. The zero-order valence-electron chi connectivity index (χ0n) is 13.9. The number of rotatable bonds is 11. The zero-order valence-corrected chi connectivity index (χ0v) is 13.9. The molecule has 0 aliphatic carbocycles. The van der Waals surface area contributed by atoms with Crippen LogP contribution in [0, 0.1) is 0 Å². The molecule has 7 heteroatoms. The van der Waals surface area contributed by atoms with E-state index in [1.165, 1.54) is 0 Å². The quantitative estimate of drug-likeness (QED) is 0.467. The van der Waals surface area contributed by atoms with Crippen molar-refractivity contribution in [3.05, 3.63) is 18.3 Å². The Bertz CT molecular complexity index is 487. The van der Waals surface area contributed by atoms with Crippen LogP contribution in [0.15, 0.2) is 18.3 Å². The summed E-state index contributed by atoms with van der Waals surface area (Å²) in [5.74, 6) is -1.21. The Morgan fingerprint density at radius 3 is 2.52 bits per heavy atom. The van der Waals surface area contributed by atoms with E-state index >= 15 is 0 Å². The lowest BCUT2D eigenvalue weighted by molar-refractivity contribution is -0.896. The van der Waals surface area contributed by atoms with E-state index < -0.39 is 5.97 Å². The molecule has 0 bridgehead atoms. The molecule has 1 amide bonds. The third kappa shape index (κ3) is 8.15. The Labute approximate surface area is 137 Å². The molecule has 7 nitrogen and oxygen atoms in total. The monoisotopic (exact) mass is 322 g/mol. The van der Waals surface area contributed by atoms with Crippen molar-refractivity contribution in [2.24, 2.45) is 0 Å². The molecule has 0 aliphatic heterocycles. The van der Waals surface area contributed by atoms with Crippen LogP contribution in [-0.2, 0) is 9.59 Å². The molecule has 0 spiro atoms. The Morgan fingerprint density at radius 1 is 1.22 bits per heavy atom. The number of hydrogen-bond acceptors (Lipinski definition) is 5. The topological polar surface area (TPSA) is 98.6 Å². The minimum Gasteiger partial charge on any atom is -0.550 e. The highest BCUT2D eigenvalue weighted by Crippen LogP contribution is 2.10. The summed E-state index contributed by atoms with van der Waals surface area (Å²) in [5, 5.41) is 16.1. The number of amides is 1. The maximum atomic E-state index is 11.5. The van der Waals surface area contributed by atoms with Gasteiger partial charge in [-0.25, -0.2) is 4.98 Å². The number of pyridine rings is 1. The number of carboxylic acids is 1. The first-order chi connectivity index (χ1) is 11.0. The summed E-state index contributed by atoms with van der Waals surface area (Å²) in [4.78, 5) is 27.5. The number of nitrogens with one attached hydrogen (secondary N) is 3. The molecule has 1 rings (SSSR count). The fraction of sp³-hybridized carbons (Fsp3) is 0.562. The Morgan fingerprint density at radius 2 is 1.96 bits per heavy atom. The molecule has 0 fully saturated rings. The van der Waals surface area contributed by atoms with Crippen LogP contribution in [0.4, 0.5) is 11.5 Å². The number of anilines is 2. The number of carbonyl (C=O) groups excluding carboxylic acids is 2. The van der Waals surface area contributed by atoms with Gasteiger partial charge in [0.05, 0.1) is 31.5 Å². The van der Waals surface area contributed by atoms with Crippen molar-refractivity contribution in [1.29, 1.82) is 0 Å². The summed E-state index contributed by atoms with van der Waals surface area (Å²) in [7, 11) is 0. The van der Waals surface area contributed by atoms with Crippen LogP contribution < -0.4 is 20.6 Å². The van der Waals surface area contributed by atoms with E-state index in [1.54, 1.807) is 17.2 Å². The van der Waals surface area contributed by atoms with Crippen LogP contribution in [0.3, 0.4) is 0 Å². The molecule has 0 saturated heterocycles. The van der Waals surface area contributed by atoms with Gasteiger partial charge in [-0.1, -0.05) is 0 Å². The van der Waals surface area contributed by atoms with Crippen molar-refractivity contribution in [3.8, 4) is 0 Å². The van der Waals surface area contributed by atoms with E-state index in [2.05, 4.69) is 29.5 Å². The highest BCUT2D eigenvalue weighted by atomic mass is 16.4. The molecular formula is C16H26N4O3. The van der Waals surface area contributed by atoms with E-state index in [0.29, 0.717) is 5.82 Å². The van der Waals surface area contributed by atoms with Crippen LogP contribution >= 0.6 is 0 Å². The van der Waals surface area contributed by atoms with Crippen molar-refractivity contribution >= 4 is 23.4 Å². The first-order valence-electron chi connectivity index (χ1n) is 8.08. The molecule has 1 aromatic heterocycles. The van der Waals surface area contributed by atoms with Gasteiger partial charge in [0.25, 0.3) is 0 Å². The van der Waals surface area contributed by atoms with Gasteiger partial charge in [0.2, 0.25) is 5.91 Å². The molecule has 0 saturated carbocycles. The highest BCUT2D eigenvalue weighted by Gasteiger charge is 2.04. The first kappa shape index (κ1) is 18.9. The summed E-state index contributed by atoms with van der Waals surface area (Å²) in [6.07, 6.45) is 2.33. The lowest BCUT2D eigenvalue weighted by Gasteiger charge is -2.15. The molecule has 0 atom stereocenters. The van der Waals surface area contributed by atoms with Gasteiger partial charge < -0.3 is 25.4 Å². The summed E-state index contributed by atoms with van der Waals surface area (Å²) in [5.41, 5.74) is 0.896. The van der Waals surface area contributed by atoms with Gasteiger partial charge in [-0.15, -0.1) is 0 Å². The molecule has 3 N–H and O–H groups in total. The number of carbonyl (C=O) groups is 2. The molecule has 0 aliphatic rings. The lowest BCUT2D eigenvalue weighted by atomic mass is 10.3. The molecule has 1 aromatic rings. The molecular weight excluding hydrogens is 296 g/mol. The molecule has 0 radical (unpaired) electrons. The fourth-order valence-electron chi connectivity index (χ4n) is 2.17. The Hall–Kier alpha value is -2.15. The fourth-order valence-corrected chi connectivity index (χ4v) is 2.17. The Kier molecular flexibility index (Phi) is 8.67. The van der Waals surface area contributed by atoms with E-state index in [0.717, 1.165) is 38.3 Å². The van der Waals surface area contributed by atoms with Gasteiger partial charge in [0.1, 0.15) is 5.82 Å². The maximum absolute atomic E-state index is 11.5. The lowest BCUT2D eigenvalue weighted by Crippen LogP contribution is -3.11. The number of aliphatic carboxylic acids is 1. The maximum Gasteiger partial charge on any atom is 0.225 e. The van der Waals surface area contributed by atoms with Crippen molar-refractivity contribution in [2.75, 3.05) is 36.8 Å². The molecule has 1 heterocycles. The molecule has 0 aromatic carbocycles. The predicted octanol–water partition coefficient (Wildman–Crippen LogP) is -0.723. The van der Waals surface area contributed by atoms with Gasteiger partial charge in [0, 0.05) is 25.4 Å². The normalized spacial score (nSPS) is 10.6. The Balaban J connectivity index is 2.30. The predicted molar refractivity (Wildman–Crippen MR) is 87.1 cm³/mol. The molecule has 23 heavy (non-hydrogen) atoms. The van der Waals surface area contributed by atoms with Gasteiger partial charge in [-0.2, -0.15) is 0 Å². The average molecular weight is 322 g/mol. The van der Waals surface area contributed by atoms with Crippen LogP contribution in [0.2, 0.25) is 0 Å². The minimum absolute atomic E-state index is 0.113. The van der Waals surface area contributed by atoms with Crippen LogP contribution in [-0.4, -0.2) is 43.0 Å². The highest BCUT2D eigenvalue weighted by molar-refractivity contribution is 5.91. The summed E-state index contributed by atoms with van der Waals surface area (Å²) >= 11 is 0. The minimum atomic E-state index is -1.24. The second-order valence-electron chi connectivity index (χ2n) is 5.34. The van der Waals surface area contributed by atoms with Crippen molar-refractivity contribution in [3.63, 3.8) is 0 Å². The van der Waals surface area contributed by atoms with Crippen molar-refractivity contribution in [1.82, 2.24) is 4.98 Å². The van der Waals surface area contributed by atoms with Gasteiger partial charge in [-0.05, 0) is 32.4 Å². The summed E-state index contributed by atoms with van der Waals surface area (Å²) in [6, 6.07) is 3.53. The van der Waals surface area contributed by atoms with Crippen molar-refractivity contribution < 1.29 is 19.6 Å². The van der Waals surface area contributed by atoms with Crippen LogP contribution in [0.25, 0.3) is 0 Å². The van der Waals surface area contributed by atoms with Gasteiger partial charge in [-0.3, -0.25) is 4.79 Å². The van der Waals surface area contributed by atoms with E-state index in [4.69, 9.17) is 0 Å². The third-order valence-corrected chi connectivity index (χ3v) is 3.62. The van der Waals surface area contributed by atoms with Gasteiger partial charge in [0.15, 0.2) is 0 Å². The standard InChI is InChI=1S/C16H26N4O3/c1-3-20(4-2)11-5-10-17-13-6-7-14(18-12-13)19-15(21)8-9-16(22)23/h6-7,12,17H,3-5,8-11H2,1-2H3,(H,22,23)(H,18,19,21). The van der Waals surface area contributed by atoms with E-state index in [9.17, 15) is 14.7 Å². The van der Waals surface area contributed by atoms with E-state index in [-0.39, 0.29) is 18.7 Å².